The standard InChI is InChI=1S/C18H21F2N3O/c1-3-9-23(10-4-2)14-6-8-17(21-12-14)18(24)22-13-5-7-15(19)16(20)11-13/h5-8,11-12H,3-4,9-10H2,1-2H3,(H,22,24). The molecular weight excluding hydrogens is 312 g/mol. The molecule has 0 aliphatic rings. The molecule has 1 aromatic carbocycles. The molecule has 0 radical (unpaired) electrons. The smallest absolute Gasteiger partial charge is 0.274 e. The number of nitrogens with zero attached hydrogens (tertiary/aromatic N) is 2. The average molecular weight is 333 g/mol. The number of amides is 1. The maximum atomic E-state index is 13.2. The van der Waals surface area contributed by atoms with Crippen molar-refractivity contribution in [3.63, 3.8) is 0 Å². The minimum Gasteiger partial charge on any atom is -0.370 e. The van der Waals surface area contributed by atoms with E-state index in [1.807, 2.05) is 6.07 Å². The molecule has 6 heteroatoms. The Kier molecular flexibility index (Phi) is 6.23. The van der Waals surface area contributed by atoms with Gasteiger partial charge in [0.1, 0.15) is 5.69 Å². The molecule has 1 heterocycles. The van der Waals surface area contributed by atoms with Gasteiger partial charge in [0.15, 0.2) is 11.6 Å². The number of anilines is 2. The highest BCUT2D eigenvalue weighted by molar-refractivity contribution is 6.02. The largest absolute Gasteiger partial charge is 0.370 e. The van der Waals surface area contributed by atoms with Gasteiger partial charge in [-0.1, -0.05) is 13.8 Å². The van der Waals surface area contributed by atoms with Crippen LogP contribution in [0.5, 0.6) is 0 Å². The maximum Gasteiger partial charge on any atom is 0.274 e. The molecule has 0 aliphatic carbocycles. The van der Waals surface area contributed by atoms with Gasteiger partial charge < -0.3 is 10.2 Å². The van der Waals surface area contributed by atoms with Crippen LogP contribution < -0.4 is 10.2 Å². The van der Waals surface area contributed by atoms with Gasteiger partial charge in [0.2, 0.25) is 0 Å². The molecule has 0 saturated carbocycles. The van der Waals surface area contributed by atoms with Crippen LogP contribution in [-0.2, 0) is 0 Å². The molecule has 1 aromatic heterocycles. The zero-order valence-electron chi connectivity index (χ0n) is 13.9. The van der Waals surface area contributed by atoms with Crippen molar-refractivity contribution >= 4 is 17.3 Å². The minimum absolute atomic E-state index is 0.184. The average Bonchev–Trinajstić information content (AvgIpc) is 2.58. The molecule has 0 unspecified atom stereocenters. The molecule has 4 nitrogen and oxygen atoms in total. The van der Waals surface area contributed by atoms with Gasteiger partial charge in [-0.3, -0.25) is 4.79 Å². The van der Waals surface area contributed by atoms with Gasteiger partial charge in [-0.2, -0.15) is 0 Å². The highest BCUT2D eigenvalue weighted by Gasteiger charge is 2.11. The number of pyridine rings is 1. The van der Waals surface area contributed by atoms with Gasteiger partial charge in [-0.05, 0) is 37.1 Å². The predicted molar refractivity (Wildman–Crippen MR) is 91.3 cm³/mol. The SMILES string of the molecule is CCCN(CCC)c1ccc(C(=O)Nc2ccc(F)c(F)c2)nc1. The molecule has 0 aliphatic heterocycles. The second-order valence-corrected chi connectivity index (χ2v) is 5.47. The number of carbonyl (C=O) groups is 1. The van der Waals surface area contributed by atoms with Gasteiger partial charge in [0.05, 0.1) is 11.9 Å². The van der Waals surface area contributed by atoms with Crippen LogP contribution in [0, 0.1) is 11.6 Å². The lowest BCUT2D eigenvalue weighted by atomic mass is 10.2. The van der Waals surface area contributed by atoms with Crippen LogP contribution in [0.25, 0.3) is 0 Å². The lowest BCUT2D eigenvalue weighted by Crippen LogP contribution is -2.25. The van der Waals surface area contributed by atoms with E-state index in [0.29, 0.717) is 0 Å². The van der Waals surface area contributed by atoms with E-state index in [0.717, 1.165) is 43.8 Å². The van der Waals surface area contributed by atoms with E-state index in [-0.39, 0.29) is 11.4 Å². The van der Waals surface area contributed by atoms with Crippen molar-refractivity contribution in [2.45, 2.75) is 26.7 Å². The summed E-state index contributed by atoms with van der Waals surface area (Å²) < 4.78 is 26.1. The molecular formula is C18H21F2N3O. The van der Waals surface area contributed by atoms with Crippen molar-refractivity contribution in [3.8, 4) is 0 Å². The van der Waals surface area contributed by atoms with E-state index in [1.165, 1.54) is 6.07 Å². The topological polar surface area (TPSA) is 45.2 Å². The zero-order valence-corrected chi connectivity index (χ0v) is 13.9. The number of hydrogen-bond acceptors (Lipinski definition) is 3. The summed E-state index contributed by atoms with van der Waals surface area (Å²) in [5.41, 5.74) is 1.36. The maximum absolute atomic E-state index is 13.2. The molecule has 0 spiro atoms. The van der Waals surface area contributed by atoms with Crippen molar-refractivity contribution in [1.82, 2.24) is 4.98 Å². The Hall–Kier alpha value is -2.50. The van der Waals surface area contributed by atoms with Gasteiger partial charge in [-0.15, -0.1) is 0 Å². The quantitative estimate of drug-likeness (QED) is 0.824. The van der Waals surface area contributed by atoms with Crippen molar-refractivity contribution in [2.24, 2.45) is 0 Å². The van der Waals surface area contributed by atoms with E-state index >= 15 is 0 Å². The number of hydrogen-bond donors (Lipinski definition) is 1. The van der Waals surface area contributed by atoms with Crippen molar-refractivity contribution in [3.05, 3.63) is 53.9 Å². The Labute approximate surface area is 140 Å². The van der Waals surface area contributed by atoms with E-state index in [1.54, 1.807) is 12.3 Å². The van der Waals surface area contributed by atoms with E-state index in [9.17, 15) is 13.6 Å². The van der Waals surface area contributed by atoms with Crippen LogP contribution in [0.15, 0.2) is 36.5 Å². The number of carbonyl (C=O) groups excluding carboxylic acids is 1. The van der Waals surface area contributed by atoms with Crippen LogP contribution in [-0.4, -0.2) is 24.0 Å². The fourth-order valence-electron chi connectivity index (χ4n) is 2.39. The third-order valence-corrected chi connectivity index (χ3v) is 3.51. The first-order valence-electron chi connectivity index (χ1n) is 8.02. The first kappa shape index (κ1) is 17.8. The minimum atomic E-state index is -1.01. The lowest BCUT2D eigenvalue weighted by molar-refractivity contribution is 0.102. The Balaban J connectivity index is 2.08. The molecule has 24 heavy (non-hydrogen) atoms. The van der Waals surface area contributed by atoms with E-state index < -0.39 is 17.5 Å². The van der Waals surface area contributed by atoms with Gasteiger partial charge in [-0.25, -0.2) is 13.8 Å². The summed E-state index contributed by atoms with van der Waals surface area (Å²) in [6.45, 7) is 6.07. The summed E-state index contributed by atoms with van der Waals surface area (Å²) in [7, 11) is 0. The third kappa shape index (κ3) is 4.50. The number of benzene rings is 1. The fourth-order valence-corrected chi connectivity index (χ4v) is 2.39. The van der Waals surface area contributed by atoms with Crippen LogP contribution in [0.2, 0.25) is 0 Å². The predicted octanol–water partition coefficient (Wildman–Crippen LogP) is 4.24. The van der Waals surface area contributed by atoms with Crippen molar-refractivity contribution in [2.75, 3.05) is 23.3 Å². The fraction of sp³-hybridized carbons (Fsp3) is 0.333. The number of halogens is 2. The highest BCUT2D eigenvalue weighted by Crippen LogP contribution is 2.16. The van der Waals surface area contributed by atoms with Gasteiger partial charge in [0, 0.05) is 24.8 Å². The first-order valence-corrected chi connectivity index (χ1v) is 8.02. The molecule has 0 atom stereocenters. The van der Waals surface area contributed by atoms with Crippen LogP contribution in [0.1, 0.15) is 37.2 Å². The lowest BCUT2D eigenvalue weighted by Gasteiger charge is -2.23. The van der Waals surface area contributed by atoms with Crippen LogP contribution in [0.4, 0.5) is 20.2 Å². The molecule has 2 rings (SSSR count). The van der Waals surface area contributed by atoms with Gasteiger partial charge >= 0.3 is 0 Å². The Morgan fingerprint density at radius 2 is 1.79 bits per heavy atom. The van der Waals surface area contributed by atoms with Crippen molar-refractivity contribution in [1.29, 1.82) is 0 Å². The second-order valence-electron chi connectivity index (χ2n) is 5.47. The third-order valence-electron chi connectivity index (χ3n) is 3.51. The number of aromatic nitrogens is 1. The van der Waals surface area contributed by atoms with Crippen molar-refractivity contribution < 1.29 is 13.6 Å². The van der Waals surface area contributed by atoms with Gasteiger partial charge in [0.25, 0.3) is 5.91 Å². The van der Waals surface area contributed by atoms with Crippen LogP contribution >= 0.6 is 0 Å². The molecule has 0 saturated heterocycles. The molecule has 1 amide bonds. The Morgan fingerprint density at radius 1 is 1.08 bits per heavy atom. The Morgan fingerprint density at radius 3 is 2.33 bits per heavy atom. The summed E-state index contributed by atoms with van der Waals surface area (Å²) >= 11 is 0. The first-order chi connectivity index (χ1) is 11.5. The summed E-state index contributed by atoms with van der Waals surface area (Å²) in [4.78, 5) is 18.5. The summed E-state index contributed by atoms with van der Waals surface area (Å²) in [6.07, 6.45) is 3.71. The summed E-state index contributed by atoms with van der Waals surface area (Å²) in [5, 5.41) is 2.50. The van der Waals surface area contributed by atoms with E-state index in [4.69, 9.17) is 0 Å². The molecule has 2 aromatic rings. The second kappa shape index (κ2) is 8.38. The Bertz CT molecular complexity index is 683. The molecule has 0 bridgehead atoms. The molecule has 0 fully saturated rings. The molecule has 128 valence electrons. The zero-order chi connectivity index (χ0) is 17.5. The number of rotatable bonds is 7. The molecule has 1 N–H and O–H groups in total. The monoisotopic (exact) mass is 333 g/mol. The summed E-state index contributed by atoms with van der Waals surface area (Å²) in [5.74, 6) is -2.43. The highest BCUT2D eigenvalue weighted by atomic mass is 19.2. The summed E-state index contributed by atoms with van der Waals surface area (Å²) in [6, 6.07) is 6.68. The van der Waals surface area contributed by atoms with Crippen LogP contribution in [0.3, 0.4) is 0 Å². The van der Waals surface area contributed by atoms with E-state index in [2.05, 4.69) is 29.0 Å². The number of nitrogens with one attached hydrogen (secondary N) is 1. The normalized spacial score (nSPS) is 10.5.